The predicted octanol–water partition coefficient (Wildman–Crippen LogP) is 6.58. The van der Waals surface area contributed by atoms with E-state index < -0.39 is 14.1 Å². The first-order valence-electron chi connectivity index (χ1n) is 11.8. The Hall–Kier alpha value is -2.48. The fourth-order valence-electron chi connectivity index (χ4n) is 3.82. The average Bonchev–Trinajstić information content (AvgIpc) is 2.77. The highest BCUT2D eigenvalue weighted by Gasteiger charge is 2.37. The van der Waals surface area contributed by atoms with Crippen LogP contribution in [-0.2, 0) is 17.4 Å². The Morgan fingerprint density at radius 2 is 1.91 bits per heavy atom. The topological polar surface area (TPSA) is 74.3 Å². The first-order valence-corrected chi connectivity index (χ1v) is 15.1. The summed E-state index contributed by atoms with van der Waals surface area (Å²) in [5, 5.41) is 0.441. The summed E-state index contributed by atoms with van der Waals surface area (Å²) >= 11 is 5.93. The van der Waals surface area contributed by atoms with Gasteiger partial charge in [0.1, 0.15) is 5.82 Å². The first-order chi connectivity index (χ1) is 16.3. The number of fused-ring (bicyclic) bond motifs is 1. The van der Waals surface area contributed by atoms with E-state index in [4.69, 9.17) is 21.8 Å². The molecular formula is C27H34ClFN2O3Si. The Bertz CT molecular complexity index is 1330. The number of nitrogens with zero attached hydrogens (tertiary/aromatic N) is 1. The van der Waals surface area contributed by atoms with Crippen LogP contribution in [0.2, 0.25) is 23.2 Å². The number of nitrogens with two attached hydrogens (primary N) is 1. The zero-order valence-corrected chi connectivity index (χ0v) is 23.1. The fourth-order valence-corrected chi connectivity index (χ4v) is 5.05. The third kappa shape index (κ3) is 5.68. The standard InChI is InChI=1S/C27H34ClFN2O3Si/c1-7-23(32)20-16-31(11-12-34-35(5,6)27(2,3)4)25-19(26(20)33)14-17(15-22(25)30)13-18-9-8-10-21(28)24(18)29/h8-10,14-16H,7,11-13,30H2,1-6H3. The van der Waals surface area contributed by atoms with Crippen molar-refractivity contribution in [2.24, 2.45) is 0 Å². The molecule has 3 rings (SSSR count). The number of nitrogen functional groups attached to an aromatic ring is 1. The Balaban J connectivity index is 2.09. The van der Waals surface area contributed by atoms with E-state index in [9.17, 15) is 14.0 Å². The smallest absolute Gasteiger partial charge is 0.200 e. The largest absolute Gasteiger partial charge is 0.415 e. The molecule has 35 heavy (non-hydrogen) atoms. The van der Waals surface area contributed by atoms with Crippen LogP contribution in [0.25, 0.3) is 10.9 Å². The summed E-state index contributed by atoms with van der Waals surface area (Å²) < 4.78 is 22.7. The molecule has 0 spiro atoms. The van der Waals surface area contributed by atoms with Gasteiger partial charge in [-0.1, -0.05) is 51.4 Å². The van der Waals surface area contributed by atoms with Crippen molar-refractivity contribution in [3.63, 3.8) is 0 Å². The maximum atomic E-state index is 14.5. The van der Waals surface area contributed by atoms with Crippen molar-refractivity contribution in [3.05, 3.63) is 74.3 Å². The quantitative estimate of drug-likeness (QED) is 0.208. The lowest BCUT2D eigenvalue weighted by Crippen LogP contribution is -2.41. The lowest BCUT2D eigenvalue weighted by atomic mass is 9.99. The van der Waals surface area contributed by atoms with E-state index in [2.05, 4.69) is 33.9 Å². The summed E-state index contributed by atoms with van der Waals surface area (Å²) in [6.07, 6.45) is 2.02. The van der Waals surface area contributed by atoms with Gasteiger partial charge in [-0.05, 0) is 47.5 Å². The van der Waals surface area contributed by atoms with E-state index in [1.54, 1.807) is 37.4 Å². The summed E-state index contributed by atoms with van der Waals surface area (Å²) in [5.74, 6) is -0.733. The van der Waals surface area contributed by atoms with Gasteiger partial charge >= 0.3 is 0 Å². The Kier molecular flexibility index (Phi) is 7.94. The summed E-state index contributed by atoms with van der Waals surface area (Å²) in [6, 6.07) is 8.26. The molecule has 0 fully saturated rings. The van der Waals surface area contributed by atoms with E-state index in [0.29, 0.717) is 40.9 Å². The van der Waals surface area contributed by atoms with Crippen LogP contribution < -0.4 is 11.2 Å². The molecule has 0 aliphatic carbocycles. The van der Waals surface area contributed by atoms with Gasteiger partial charge in [0.05, 0.1) is 28.4 Å². The number of halogens is 2. The fraction of sp³-hybridized carbons (Fsp3) is 0.407. The molecule has 0 aliphatic heterocycles. The third-order valence-corrected chi connectivity index (χ3v) is 11.7. The second-order valence-electron chi connectivity index (χ2n) is 10.4. The van der Waals surface area contributed by atoms with Crippen molar-refractivity contribution in [3.8, 4) is 0 Å². The number of hydrogen-bond donors (Lipinski definition) is 1. The van der Waals surface area contributed by atoms with Gasteiger partial charge in [0.25, 0.3) is 0 Å². The van der Waals surface area contributed by atoms with Gasteiger partial charge in [0.2, 0.25) is 0 Å². The maximum absolute atomic E-state index is 14.5. The normalized spacial score (nSPS) is 12.3. The molecular weight excluding hydrogens is 483 g/mol. The van der Waals surface area contributed by atoms with Gasteiger partial charge in [-0.15, -0.1) is 0 Å². The Morgan fingerprint density at radius 1 is 1.23 bits per heavy atom. The third-order valence-electron chi connectivity index (χ3n) is 6.91. The molecule has 0 saturated heterocycles. The maximum Gasteiger partial charge on any atom is 0.200 e. The number of ketones is 1. The lowest BCUT2D eigenvalue weighted by molar-refractivity contribution is 0.0986. The van der Waals surface area contributed by atoms with E-state index in [-0.39, 0.29) is 39.7 Å². The van der Waals surface area contributed by atoms with Crippen LogP contribution in [0.1, 0.15) is 55.6 Å². The highest BCUT2D eigenvalue weighted by atomic mass is 35.5. The molecule has 8 heteroatoms. The second kappa shape index (κ2) is 10.2. The second-order valence-corrected chi connectivity index (χ2v) is 15.6. The monoisotopic (exact) mass is 516 g/mol. The van der Waals surface area contributed by atoms with Crippen LogP contribution in [0.4, 0.5) is 10.1 Å². The summed E-state index contributed by atoms with van der Waals surface area (Å²) in [6.45, 7) is 13.5. The zero-order valence-electron chi connectivity index (χ0n) is 21.3. The van der Waals surface area contributed by atoms with Crippen molar-refractivity contribution in [1.29, 1.82) is 0 Å². The van der Waals surface area contributed by atoms with Gasteiger partial charge in [-0.2, -0.15) is 0 Å². The number of rotatable bonds is 8. The Morgan fingerprint density at radius 3 is 2.54 bits per heavy atom. The van der Waals surface area contributed by atoms with E-state index in [1.165, 1.54) is 6.07 Å². The van der Waals surface area contributed by atoms with E-state index in [0.717, 1.165) is 0 Å². The van der Waals surface area contributed by atoms with Crippen molar-refractivity contribution in [2.75, 3.05) is 12.3 Å². The number of carbonyl (C=O) groups excluding carboxylic acids is 1. The molecule has 1 heterocycles. The zero-order chi connectivity index (χ0) is 26.1. The number of Topliss-reactive ketones (excluding diaryl/α,β-unsaturated/α-hetero) is 1. The number of anilines is 1. The van der Waals surface area contributed by atoms with Crippen molar-refractivity contribution in [2.45, 2.75) is 65.2 Å². The van der Waals surface area contributed by atoms with Gasteiger partial charge in [-0.3, -0.25) is 9.59 Å². The molecule has 0 bridgehead atoms. The van der Waals surface area contributed by atoms with Crippen LogP contribution in [0, 0.1) is 5.82 Å². The lowest BCUT2D eigenvalue weighted by Gasteiger charge is -2.36. The molecule has 188 valence electrons. The number of carbonyl (C=O) groups is 1. The molecule has 0 aliphatic rings. The van der Waals surface area contributed by atoms with Gasteiger partial charge in [-0.25, -0.2) is 4.39 Å². The summed E-state index contributed by atoms with van der Waals surface area (Å²) in [7, 11) is -1.97. The highest BCUT2D eigenvalue weighted by molar-refractivity contribution is 6.74. The minimum absolute atomic E-state index is 0.0381. The number of pyridine rings is 1. The number of benzene rings is 2. The first kappa shape index (κ1) is 27.1. The van der Waals surface area contributed by atoms with Gasteiger partial charge in [0.15, 0.2) is 19.5 Å². The highest BCUT2D eigenvalue weighted by Crippen LogP contribution is 2.36. The van der Waals surface area contributed by atoms with Crippen molar-refractivity contribution < 1.29 is 13.6 Å². The minimum Gasteiger partial charge on any atom is -0.415 e. The van der Waals surface area contributed by atoms with Gasteiger partial charge in [0, 0.05) is 31.0 Å². The van der Waals surface area contributed by atoms with Crippen LogP contribution >= 0.6 is 11.6 Å². The van der Waals surface area contributed by atoms with Crippen molar-refractivity contribution >= 4 is 42.3 Å². The predicted molar refractivity (Wildman–Crippen MR) is 145 cm³/mol. The number of hydrogen-bond acceptors (Lipinski definition) is 4. The molecule has 2 aromatic carbocycles. The van der Waals surface area contributed by atoms with Crippen LogP contribution in [0.3, 0.4) is 0 Å². The average molecular weight is 517 g/mol. The van der Waals surface area contributed by atoms with E-state index in [1.807, 2.05) is 4.57 Å². The molecule has 0 saturated carbocycles. The SMILES string of the molecule is CCC(=O)c1cn(CCO[Si](C)(C)C(C)(C)C)c2c(N)cc(Cc3cccc(Cl)c3F)cc2c1=O. The van der Waals surface area contributed by atoms with Crippen LogP contribution in [-0.4, -0.2) is 25.3 Å². The summed E-state index contributed by atoms with van der Waals surface area (Å²) in [4.78, 5) is 25.9. The summed E-state index contributed by atoms with van der Waals surface area (Å²) in [5.41, 5.74) is 8.20. The molecule has 0 atom stereocenters. The van der Waals surface area contributed by atoms with Crippen molar-refractivity contribution in [1.82, 2.24) is 4.57 Å². The molecule has 3 aromatic rings. The van der Waals surface area contributed by atoms with Crippen LogP contribution in [0.5, 0.6) is 0 Å². The molecule has 1 aromatic heterocycles. The molecule has 0 unspecified atom stereocenters. The molecule has 0 radical (unpaired) electrons. The molecule has 0 amide bonds. The minimum atomic E-state index is -1.97. The van der Waals surface area contributed by atoms with E-state index >= 15 is 0 Å². The van der Waals surface area contributed by atoms with Crippen LogP contribution in [0.15, 0.2) is 41.3 Å². The molecule has 2 N–H and O–H groups in total. The molecule has 5 nitrogen and oxygen atoms in total. The van der Waals surface area contributed by atoms with Gasteiger partial charge < -0.3 is 14.7 Å². The Labute approximate surface area is 212 Å². The number of aromatic nitrogens is 1.